The van der Waals surface area contributed by atoms with Gasteiger partial charge in [-0.15, -0.1) is 11.3 Å². The van der Waals surface area contributed by atoms with Crippen molar-refractivity contribution in [2.45, 2.75) is 58.4 Å². The summed E-state index contributed by atoms with van der Waals surface area (Å²) in [5.74, 6) is 0.462. The van der Waals surface area contributed by atoms with Crippen LogP contribution in [0, 0.1) is 0 Å². The lowest BCUT2D eigenvalue weighted by Crippen LogP contribution is -2.37. The van der Waals surface area contributed by atoms with Gasteiger partial charge in [0.25, 0.3) is 5.91 Å². The lowest BCUT2D eigenvalue weighted by atomic mass is 9.97. The summed E-state index contributed by atoms with van der Waals surface area (Å²) >= 11 is 1.73. The van der Waals surface area contributed by atoms with Gasteiger partial charge in [-0.05, 0) is 44.1 Å². The molecule has 0 aliphatic heterocycles. The molecule has 1 amide bonds. The molecule has 0 radical (unpaired) electrons. The molecule has 2 aromatic rings. The van der Waals surface area contributed by atoms with E-state index in [1.807, 2.05) is 0 Å². The quantitative estimate of drug-likeness (QED) is 0.881. The van der Waals surface area contributed by atoms with Crippen LogP contribution in [0.3, 0.4) is 0 Å². The van der Waals surface area contributed by atoms with Crippen LogP contribution in [0.25, 0.3) is 10.2 Å². The molecular formula is C17H23N3O2S. The summed E-state index contributed by atoms with van der Waals surface area (Å²) in [5, 5.41) is 4.00. The second-order valence-electron chi connectivity index (χ2n) is 5.94. The highest BCUT2D eigenvalue weighted by molar-refractivity contribution is 7.18. The van der Waals surface area contributed by atoms with E-state index in [0.29, 0.717) is 5.88 Å². The highest BCUT2D eigenvalue weighted by Crippen LogP contribution is 2.38. The first-order valence-corrected chi connectivity index (χ1v) is 9.22. The largest absolute Gasteiger partial charge is 0.467 e. The molecule has 6 heteroatoms. The van der Waals surface area contributed by atoms with Crippen LogP contribution in [0.2, 0.25) is 0 Å². The van der Waals surface area contributed by atoms with Gasteiger partial charge in [0.05, 0.1) is 5.39 Å². The molecule has 1 aliphatic rings. The van der Waals surface area contributed by atoms with Gasteiger partial charge in [0.2, 0.25) is 5.88 Å². The molecule has 2 aromatic heterocycles. The van der Waals surface area contributed by atoms with Crippen LogP contribution in [-0.4, -0.2) is 28.5 Å². The van der Waals surface area contributed by atoms with E-state index in [2.05, 4.69) is 29.1 Å². The molecule has 0 atom stereocenters. The van der Waals surface area contributed by atoms with Gasteiger partial charge < -0.3 is 10.1 Å². The van der Waals surface area contributed by atoms with Crippen molar-refractivity contribution in [3.8, 4) is 5.88 Å². The number of hydrogen-bond acceptors (Lipinski definition) is 5. The molecule has 2 heterocycles. The number of rotatable bonds is 6. The Hall–Kier alpha value is -1.69. The van der Waals surface area contributed by atoms with Crippen LogP contribution < -0.4 is 10.1 Å². The minimum atomic E-state index is -0.0884. The minimum Gasteiger partial charge on any atom is -0.467 e. The maximum atomic E-state index is 12.0. The molecule has 0 saturated carbocycles. The van der Waals surface area contributed by atoms with Gasteiger partial charge in [-0.25, -0.2) is 9.97 Å². The summed E-state index contributed by atoms with van der Waals surface area (Å²) < 4.78 is 5.74. The van der Waals surface area contributed by atoms with Crippen LogP contribution in [0.5, 0.6) is 5.88 Å². The summed E-state index contributed by atoms with van der Waals surface area (Å²) in [6.07, 6.45) is 7.99. The average Bonchev–Trinajstić information content (AvgIpc) is 2.97. The maximum absolute atomic E-state index is 12.0. The normalized spacial score (nSPS) is 14.0. The molecule has 0 unspecified atom stereocenters. The highest BCUT2D eigenvalue weighted by Gasteiger charge is 2.21. The summed E-state index contributed by atoms with van der Waals surface area (Å²) in [6.45, 7) is 4.15. The Morgan fingerprint density at radius 3 is 2.87 bits per heavy atom. The van der Waals surface area contributed by atoms with E-state index in [1.165, 1.54) is 29.6 Å². The predicted molar refractivity (Wildman–Crippen MR) is 92.1 cm³/mol. The van der Waals surface area contributed by atoms with Crippen molar-refractivity contribution in [2.24, 2.45) is 0 Å². The zero-order valence-corrected chi connectivity index (χ0v) is 14.5. The Labute approximate surface area is 140 Å². The van der Waals surface area contributed by atoms with Crippen LogP contribution in [-0.2, 0) is 17.6 Å². The second-order valence-corrected chi connectivity index (χ2v) is 7.02. The van der Waals surface area contributed by atoms with Crippen molar-refractivity contribution in [1.82, 2.24) is 15.3 Å². The molecule has 0 aromatic carbocycles. The van der Waals surface area contributed by atoms with E-state index in [4.69, 9.17) is 4.74 Å². The highest BCUT2D eigenvalue weighted by atomic mass is 32.1. The SMILES string of the molecule is CCC(CC)NC(=O)COc1ncnc2sc3c(c12)CCCC3. The smallest absolute Gasteiger partial charge is 0.258 e. The third-order valence-corrected chi connectivity index (χ3v) is 5.61. The Morgan fingerprint density at radius 2 is 2.09 bits per heavy atom. The first-order valence-electron chi connectivity index (χ1n) is 8.40. The van der Waals surface area contributed by atoms with Gasteiger partial charge in [0.15, 0.2) is 6.61 Å². The molecule has 5 nitrogen and oxygen atoms in total. The molecule has 1 aliphatic carbocycles. The molecule has 0 spiro atoms. The van der Waals surface area contributed by atoms with E-state index in [-0.39, 0.29) is 18.6 Å². The molecule has 23 heavy (non-hydrogen) atoms. The third kappa shape index (κ3) is 3.47. The number of hydrogen-bond donors (Lipinski definition) is 1. The lowest BCUT2D eigenvalue weighted by molar-refractivity contribution is -0.123. The van der Waals surface area contributed by atoms with Crippen LogP contribution in [0.15, 0.2) is 6.33 Å². The number of aromatic nitrogens is 2. The van der Waals surface area contributed by atoms with Gasteiger partial charge in [0, 0.05) is 10.9 Å². The standard InChI is InChI=1S/C17H23N3O2S/c1-3-11(4-2)20-14(21)9-22-16-15-12-7-5-6-8-13(12)23-17(15)19-10-18-16/h10-11H,3-9H2,1-2H3,(H,20,21). The van der Waals surface area contributed by atoms with Crippen LogP contribution in [0.1, 0.15) is 50.0 Å². The number of ether oxygens (including phenoxy) is 1. The molecular weight excluding hydrogens is 310 g/mol. The number of nitrogens with zero attached hydrogens (tertiary/aromatic N) is 2. The van der Waals surface area contributed by atoms with Gasteiger partial charge in [-0.3, -0.25) is 4.79 Å². The van der Waals surface area contributed by atoms with Crippen molar-refractivity contribution in [3.63, 3.8) is 0 Å². The average molecular weight is 333 g/mol. The van der Waals surface area contributed by atoms with Crippen molar-refractivity contribution in [3.05, 3.63) is 16.8 Å². The minimum absolute atomic E-state index is 0.00718. The Bertz CT molecular complexity index is 694. The summed E-state index contributed by atoms with van der Waals surface area (Å²) in [4.78, 5) is 23.1. The number of fused-ring (bicyclic) bond motifs is 3. The van der Waals surface area contributed by atoms with Gasteiger partial charge in [-0.1, -0.05) is 13.8 Å². The second kappa shape index (κ2) is 7.25. The van der Waals surface area contributed by atoms with Gasteiger partial charge >= 0.3 is 0 Å². The number of carbonyl (C=O) groups excluding carboxylic acids is 1. The fraction of sp³-hybridized carbons (Fsp3) is 0.588. The molecule has 3 rings (SSSR count). The molecule has 0 bridgehead atoms. The predicted octanol–water partition coefficient (Wildman–Crippen LogP) is 3.25. The Balaban J connectivity index is 1.75. The summed E-state index contributed by atoms with van der Waals surface area (Å²) in [7, 11) is 0. The van der Waals surface area contributed by atoms with E-state index in [9.17, 15) is 4.79 Å². The first kappa shape index (κ1) is 16.2. The lowest BCUT2D eigenvalue weighted by Gasteiger charge is -2.15. The topological polar surface area (TPSA) is 64.1 Å². The van der Waals surface area contributed by atoms with Crippen LogP contribution >= 0.6 is 11.3 Å². The van der Waals surface area contributed by atoms with E-state index in [0.717, 1.165) is 35.9 Å². The van der Waals surface area contributed by atoms with Gasteiger partial charge in [0.1, 0.15) is 11.2 Å². The molecule has 0 saturated heterocycles. The monoisotopic (exact) mass is 333 g/mol. The first-order chi connectivity index (χ1) is 11.2. The van der Waals surface area contributed by atoms with E-state index < -0.39 is 0 Å². The van der Waals surface area contributed by atoms with Crippen molar-refractivity contribution in [1.29, 1.82) is 0 Å². The number of thiophene rings is 1. The van der Waals surface area contributed by atoms with E-state index >= 15 is 0 Å². The zero-order valence-electron chi connectivity index (χ0n) is 13.7. The number of amides is 1. The van der Waals surface area contributed by atoms with Crippen molar-refractivity contribution in [2.75, 3.05) is 6.61 Å². The number of aryl methyl sites for hydroxylation is 2. The fourth-order valence-corrected chi connectivity index (χ4v) is 4.29. The van der Waals surface area contributed by atoms with Crippen LogP contribution in [0.4, 0.5) is 0 Å². The number of carbonyl (C=O) groups is 1. The van der Waals surface area contributed by atoms with Crippen molar-refractivity contribution >= 4 is 27.5 Å². The summed E-state index contributed by atoms with van der Waals surface area (Å²) in [5.41, 5.74) is 1.33. The Kier molecular flexibility index (Phi) is 5.10. The molecule has 0 fully saturated rings. The number of nitrogens with one attached hydrogen (secondary N) is 1. The Morgan fingerprint density at radius 1 is 1.30 bits per heavy atom. The third-order valence-electron chi connectivity index (χ3n) is 4.41. The van der Waals surface area contributed by atoms with Crippen molar-refractivity contribution < 1.29 is 9.53 Å². The molecule has 124 valence electrons. The van der Waals surface area contributed by atoms with E-state index in [1.54, 1.807) is 11.3 Å². The summed E-state index contributed by atoms with van der Waals surface area (Å²) in [6, 6.07) is 0.213. The fourth-order valence-electron chi connectivity index (χ4n) is 3.07. The molecule has 1 N–H and O–H groups in total. The zero-order chi connectivity index (χ0) is 16.2. The maximum Gasteiger partial charge on any atom is 0.258 e. The van der Waals surface area contributed by atoms with Gasteiger partial charge in [-0.2, -0.15) is 0 Å².